The number of nitrogens with one attached hydrogen (secondary N) is 1. The molecule has 6 heteroatoms. The molecule has 1 amide bonds. The Labute approximate surface area is 97.1 Å². The molecule has 2 atom stereocenters. The molecule has 6 nitrogen and oxygen atoms in total. The summed E-state index contributed by atoms with van der Waals surface area (Å²) in [6, 6.07) is 6.11. The van der Waals surface area contributed by atoms with E-state index in [1.807, 2.05) is 0 Å². The van der Waals surface area contributed by atoms with Crippen LogP contribution in [0.15, 0.2) is 18.2 Å². The number of ether oxygens (including phenoxy) is 1. The van der Waals surface area contributed by atoms with Crippen LogP contribution in [0.4, 0.5) is 5.69 Å². The first kappa shape index (κ1) is 11.4. The van der Waals surface area contributed by atoms with Crippen LogP contribution >= 0.6 is 0 Å². The fourth-order valence-electron chi connectivity index (χ4n) is 1.54. The van der Waals surface area contributed by atoms with Crippen LogP contribution in [0.1, 0.15) is 11.7 Å². The number of hydrogen-bond donors (Lipinski definition) is 3. The summed E-state index contributed by atoms with van der Waals surface area (Å²) in [4.78, 5) is 11.1. The van der Waals surface area contributed by atoms with Crippen molar-refractivity contribution in [3.05, 3.63) is 23.8 Å². The van der Waals surface area contributed by atoms with Crippen molar-refractivity contribution >= 4 is 11.6 Å². The Morgan fingerprint density at radius 2 is 2.24 bits per heavy atom. The highest BCUT2D eigenvalue weighted by Gasteiger charge is 2.21. The molecular weight excluding hydrogens is 224 g/mol. The Bertz CT molecular complexity index is 495. The van der Waals surface area contributed by atoms with Crippen molar-refractivity contribution in [3.8, 4) is 11.8 Å². The van der Waals surface area contributed by atoms with Gasteiger partial charge in [-0.2, -0.15) is 5.26 Å². The Morgan fingerprint density at radius 3 is 2.94 bits per heavy atom. The summed E-state index contributed by atoms with van der Waals surface area (Å²) in [5.41, 5.74) is 0.756. The lowest BCUT2D eigenvalue weighted by atomic mass is 10.0. The summed E-state index contributed by atoms with van der Waals surface area (Å²) < 4.78 is 5.14. The van der Waals surface area contributed by atoms with Gasteiger partial charge in [-0.25, -0.2) is 0 Å². The molecule has 1 aliphatic heterocycles. The number of rotatable bonds is 2. The number of carbonyl (C=O) groups excluding carboxylic acids is 1. The maximum Gasteiger partial charge on any atom is 0.262 e. The van der Waals surface area contributed by atoms with Crippen LogP contribution in [0, 0.1) is 11.3 Å². The fraction of sp³-hybridized carbons (Fsp3) is 0.273. The van der Waals surface area contributed by atoms with E-state index in [2.05, 4.69) is 5.32 Å². The van der Waals surface area contributed by atoms with Gasteiger partial charge in [-0.1, -0.05) is 6.07 Å². The third kappa shape index (κ3) is 2.20. The highest BCUT2D eigenvalue weighted by molar-refractivity contribution is 5.95. The lowest BCUT2D eigenvalue weighted by Crippen LogP contribution is -2.25. The van der Waals surface area contributed by atoms with Crippen LogP contribution in [0.25, 0.3) is 0 Å². The van der Waals surface area contributed by atoms with Gasteiger partial charge in [-0.05, 0) is 17.7 Å². The lowest BCUT2D eigenvalue weighted by Gasteiger charge is -2.20. The quantitative estimate of drug-likeness (QED) is 0.622. The Hall–Kier alpha value is -2.10. The largest absolute Gasteiger partial charge is 0.482 e. The molecule has 0 radical (unpaired) electrons. The van der Waals surface area contributed by atoms with Crippen molar-refractivity contribution in [2.45, 2.75) is 12.2 Å². The van der Waals surface area contributed by atoms with Gasteiger partial charge in [0.2, 0.25) is 0 Å². The molecule has 17 heavy (non-hydrogen) atoms. The summed E-state index contributed by atoms with van der Waals surface area (Å²) in [5.74, 6) is 0.206. The van der Waals surface area contributed by atoms with Gasteiger partial charge >= 0.3 is 0 Å². The molecule has 1 heterocycles. The zero-order chi connectivity index (χ0) is 12.4. The van der Waals surface area contributed by atoms with E-state index in [-0.39, 0.29) is 12.5 Å². The number of nitrogens with zero attached hydrogens (tertiary/aromatic N) is 1. The third-order valence-corrected chi connectivity index (χ3v) is 2.41. The summed E-state index contributed by atoms with van der Waals surface area (Å²) in [6.07, 6.45) is -2.82. The molecular formula is C11H10N2O4. The second-order valence-electron chi connectivity index (χ2n) is 3.61. The number of benzene rings is 1. The summed E-state index contributed by atoms with van der Waals surface area (Å²) in [6.45, 7) is -0.0459. The molecule has 0 aliphatic carbocycles. The minimum Gasteiger partial charge on any atom is -0.482 e. The van der Waals surface area contributed by atoms with Crippen molar-refractivity contribution in [3.63, 3.8) is 0 Å². The van der Waals surface area contributed by atoms with Crippen molar-refractivity contribution in [1.29, 1.82) is 5.26 Å². The molecule has 0 saturated carbocycles. The highest BCUT2D eigenvalue weighted by Crippen LogP contribution is 2.31. The average Bonchev–Trinajstić information content (AvgIpc) is 2.36. The number of aliphatic hydroxyl groups excluding tert-OH is 2. The van der Waals surface area contributed by atoms with Gasteiger partial charge in [-0.15, -0.1) is 0 Å². The van der Waals surface area contributed by atoms with Crippen LogP contribution in [-0.4, -0.2) is 28.8 Å². The number of anilines is 1. The predicted octanol–water partition coefficient (Wildman–Crippen LogP) is -0.0646. The Morgan fingerprint density at radius 1 is 1.47 bits per heavy atom. The molecule has 0 fully saturated rings. The Kier molecular flexibility index (Phi) is 2.95. The normalized spacial score (nSPS) is 17.1. The molecule has 0 spiro atoms. The predicted molar refractivity (Wildman–Crippen MR) is 57.1 cm³/mol. The lowest BCUT2D eigenvalue weighted by molar-refractivity contribution is -0.118. The molecule has 1 aromatic carbocycles. The summed E-state index contributed by atoms with van der Waals surface area (Å²) in [5, 5.41) is 29.9. The Balaban J connectivity index is 2.30. The molecule has 3 N–H and O–H groups in total. The first-order valence-electron chi connectivity index (χ1n) is 4.94. The fourth-order valence-corrected chi connectivity index (χ4v) is 1.54. The number of amides is 1. The van der Waals surface area contributed by atoms with E-state index in [0.717, 1.165) is 0 Å². The number of hydrogen-bond acceptors (Lipinski definition) is 5. The van der Waals surface area contributed by atoms with E-state index in [4.69, 9.17) is 10.00 Å². The molecule has 0 saturated heterocycles. The summed E-state index contributed by atoms with van der Waals surface area (Å²) >= 11 is 0. The first-order chi connectivity index (χ1) is 8.11. The van der Waals surface area contributed by atoms with Crippen LogP contribution in [0.5, 0.6) is 5.75 Å². The van der Waals surface area contributed by atoms with Gasteiger partial charge in [0.15, 0.2) is 12.7 Å². The van der Waals surface area contributed by atoms with E-state index in [0.29, 0.717) is 17.0 Å². The highest BCUT2D eigenvalue weighted by atomic mass is 16.5. The van der Waals surface area contributed by atoms with Crippen LogP contribution < -0.4 is 10.1 Å². The van der Waals surface area contributed by atoms with Crippen molar-refractivity contribution in [1.82, 2.24) is 0 Å². The molecule has 1 aromatic rings. The second-order valence-corrected chi connectivity index (χ2v) is 3.61. The monoisotopic (exact) mass is 234 g/mol. The van der Waals surface area contributed by atoms with Gasteiger partial charge < -0.3 is 20.3 Å². The van der Waals surface area contributed by atoms with Crippen LogP contribution in [0.3, 0.4) is 0 Å². The molecule has 88 valence electrons. The minimum absolute atomic E-state index is 0.0459. The topological polar surface area (TPSA) is 103 Å². The van der Waals surface area contributed by atoms with Crippen LogP contribution in [0.2, 0.25) is 0 Å². The van der Waals surface area contributed by atoms with Gasteiger partial charge in [0.1, 0.15) is 11.9 Å². The maximum absolute atomic E-state index is 11.1. The third-order valence-electron chi connectivity index (χ3n) is 2.41. The number of fused-ring (bicyclic) bond motifs is 1. The van der Waals surface area contributed by atoms with Gasteiger partial charge in [0.25, 0.3) is 5.91 Å². The molecule has 2 unspecified atom stereocenters. The van der Waals surface area contributed by atoms with Crippen molar-refractivity contribution < 1.29 is 19.7 Å². The number of aliphatic hydroxyl groups is 2. The van der Waals surface area contributed by atoms with Crippen LogP contribution in [-0.2, 0) is 4.79 Å². The van der Waals surface area contributed by atoms with E-state index >= 15 is 0 Å². The van der Waals surface area contributed by atoms with Gasteiger partial charge in [-0.3, -0.25) is 4.79 Å². The zero-order valence-electron chi connectivity index (χ0n) is 8.75. The standard InChI is InChI=1S/C11H10N2O4/c12-4-8(14)11(16)6-1-2-9-7(3-6)13-10(15)5-17-9/h1-3,8,11,14,16H,5H2,(H,13,15). The van der Waals surface area contributed by atoms with Gasteiger partial charge in [0, 0.05) is 0 Å². The number of carbonyl (C=O) groups is 1. The summed E-state index contributed by atoms with van der Waals surface area (Å²) in [7, 11) is 0. The van der Waals surface area contributed by atoms with Crippen molar-refractivity contribution in [2.24, 2.45) is 0 Å². The first-order valence-corrected chi connectivity index (χ1v) is 4.94. The van der Waals surface area contributed by atoms with E-state index < -0.39 is 12.2 Å². The van der Waals surface area contributed by atoms with E-state index in [1.54, 1.807) is 6.07 Å². The van der Waals surface area contributed by atoms with Gasteiger partial charge in [0.05, 0.1) is 11.8 Å². The minimum atomic E-state index is -1.51. The zero-order valence-corrected chi connectivity index (χ0v) is 8.75. The van der Waals surface area contributed by atoms with E-state index in [9.17, 15) is 15.0 Å². The maximum atomic E-state index is 11.1. The average molecular weight is 234 g/mol. The molecule has 2 rings (SSSR count). The van der Waals surface area contributed by atoms with Crippen molar-refractivity contribution in [2.75, 3.05) is 11.9 Å². The smallest absolute Gasteiger partial charge is 0.262 e. The molecule has 0 bridgehead atoms. The molecule has 1 aliphatic rings. The van der Waals surface area contributed by atoms with E-state index in [1.165, 1.54) is 18.2 Å². The second kappa shape index (κ2) is 4.41. The molecule has 0 aromatic heterocycles. The SMILES string of the molecule is N#CC(O)C(O)c1ccc2c(c1)NC(=O)CO2. The number of nitriles is 1.